The van der Waals surface area contributed by atoms with Gasteiger partial charge < -0.3 is 5.32 Å². The van der Waals surface area contributed by atoms with E-state index in [1.165, 1.54) is 0 Å². The van der Waals surface area contributed by atoms with Crippen LogP contribution < -0.4 is 5.32 Å². The Bertz CT molecular complexity index is 496. The molecule has 2 unspecified atom stereocenters. The maximum atomic E-state index is 11.6. The molecule has 18 heavy (non-hydrogen) atoms. The van der Waals surface area contributed by atoms with E-state index >= 15 is 0 Å². The van der Waals surface area contributed by atoms with Crippen LogP contribution in [0.2, 0.25) is 0 Å². The monoisotopic (exact) mass is 288 g/mol. The molecule has 1 N–H and O–H groups in total. The lowest BCUT2D eigenvalue weighted by Gasteiger charge is -2.22. The van der Waals surface area contributed by atoms with Gasteiger partial charge in [0.15, 0.2) is 9.84 Å². The second-order valence-corrected chi connectivity index (χ2v) is 8.18. The van der Waals surface area contributed by atoms with Crippen LogP contribution in [-0.2, 0) is 16.3 Å². The van der Waals surface area contributed by atoms with Crippen molar-refractivity contribution in [1.82, 2.24) is 10.3 Å². The number of hydrogen-bond donors (Lipinski definition) is 1. The van der Waals surface area contributed by atoms with Gasteiger partial charge in [0.1, 0.15) is 0 Å². The SMILES string of the molecule is CCNC(Cc1csc(C)n1)C1CCS(=O)(=O)C1. The molecule has 0 aliphatic carbocycles. The van der Waals surface area contributed by atoms with Crippen molar-refractivity contribution in [1.29, 1.82) is 0 Å². The molecular formula is C12H20N2O2S2. The van der Waals surface area contributed by atoms with E-state index in [0.29, 0.717) is 11.5 Å². The molecule has 0 bridgehead atoms. The predicted octanol–water partition coefficient (Wildman–Crippen LogP) is 1.41. The first-order chi connectivity index (χ1) is 8.50. The van der Waals surface area contributed by atoms with Crippen molar-refractivity contribution in [2.45, 2.75) is 32.7 Å². The van der Waals surface area contributed by atoms with Crippen LogP contribution in [0.25, 0.3) is 0 Å². The normalized spacial score (nSPS) is 24.2. The van der Waals surface area contributed by atoms with Crippen LogP contribution in [-0.4, -0.2) is 37.5 Å². The van der Waals surface area contributed by atoms with E-state index in [0.717, 1.165) is 30.1 Å². The average molecular weight is 288 g/mol. The van der Waals surface area contributed by atoms with Crippen molar-refractivity contribution < 1.29 is 8.42 Å². The number of nitrogens with zero attached hydrogens (tertiary/aromatic N) is 1. The molecule has 1 aliphatic heterocycles. The van der Waals surface area contributed by atoms with Gasteiger partial charge in [0.05, 0.1) is 22.2 Å². The first-order valence-electron chi connectivity index (χ1n) is 6.35. The summed E-state index contributed by atoms with van der Waals surface area (Å²) in [5.74, 6) is 0.903. The van der Waals surface area contributed by atoms with E-state index in [2.05, 4.69) is 22.6 Å². The minimum absolute atomic E-state index is 0.230. The van der Waals surface area contributed by atoms with E-state index < -0.39 is 9.84 Å². The Morgan fingerprint density at radius 3 is 2.89 bits per heavy atom. The molecule has 0 aromatic carbocycles. The van der Waals surface area contributed by atoms with E-state index in [-0.39, 0.29) is 12.0 Å². The summed E-state index contributed by atoms with van der Waals surface area (Å²) in [6, 6.07) is 0.230. The highest BCUT2D eigenvalue weighted by Crippen LogP contribution is 2.24. The summed E-state index contributed by atoms with van der Waals surface area (Å²) in [6.07, 6.45) is 1.61. The molecule has 1 aliphatic rings. The zero-order chi connectivity index (χ0) is 13.2. The number of thiazole rings is 1. The number of likely N-dealkylation sites (N-methyl/N-ethyl adjacent to an activating group) is 1. The van der Waals surface area contributed by atoms with Gasteiger partial charge in [0, 0.05) is 17.8 Å². The van der Waals surface area contributed by atoms with Crippen LogP contribution in [0.3, 0.4) is 0 Å². The summed E-state index contributed by atoms with van der Waals surface area (Å²) in [5, 5.41) is 6.56. The van der Waals surface area contributed by atoms with Gasteiger partial charge in [-0.05, 0) is 25.8 Å². The number of nitrogens with one attached hydrogen (secondary N) is 1. The molecule has 0 amide bonds. The fraction of sp³-hybridized carbons (Fsp3) is 0.750. The van der Waals surface area contributed by atoms with E-state index in [4.69, 9.17) is 0 Å². The standard InChI is InChI=1S/C12H20N2O2S2/c1-3-13-12(6-11-7-17-9(2)14-11)10-4-5-18(15,16)8-10/h7,10,12-13H,3-6,8H2,1-2H3. The summed E-state index contributed by atoms with van der Waals surface area (Å²) >= 11 is 1.65. The number of sulfone groups is 1. The predicted molar refractivity (Wildman–Crippen MR) is 74.8 cm³/mol. The van der Waals surface area contributed by atoms with E-state index in [1.807, 2.05) is 6.92 Å². The summed E-state index contributed by atoms with van der Waals surface area (Å²) in [7, 11) is -2.80. The number of rotatable bonds is 5. The van der Waals surface area contributed by atoms with Crippen molar-refractivity contribution in [2.75, 3.05) is 18.1 Å². The lowest BCUT2D eigenvalue weighted by atomic mass is 9.95. The van der Waals surface area contributed by atoms with Gasteiger partial charge in [-0.2, -0.15) is 0 Å². The van der Waals surface area contributed by atoms with Crippen LogP contribution >= 0.6 is 11.3 Å². The van der Waals surface area contributed by atoms with Gasteiger partial charge >= 0.3 is 0 Å². The van der Waals surface area contributed by atoms with Gasteiger partial charge in [-0.25, -0.2) is 13.4 Å². The van der Waals surface area contributed by atoms with Crippen molar-refractivity contribution in [3.63, 3.8) is 0 Å². The molecule has 1 aromatic rings. The third-order valence-corrected chi connectivity index (χ3v) is 6.01. The van der Waals surface area contributed by atoms with Crippen LogP contribution in [0, 0.1) is 12.8 Å². The topological polar surface area (TPSA) is 59.1 Å². The molecule has 6 heteroatoms. The van der Waals surface area contributed by atoms with Crippen molar-refractivity contribution in [3.05, 3.63) is 16.1 Å². The van der Waals surface area contributed by atoms with Crippen LogP contribution in [0.5, 0.6) is 0 Å². The smallest absolute Gasteiger partial charge is 0.150 e. The molecule has 2 heterocycles. The quantitative estimate of drug-likeness (QED) is 0.890. The largest absolute Gasteiger partial charge is 0.314 e. The molecule has 1 fully saturated rings. The lowest BCUT2D eigenvalue weighted by molar-refractivity contribution is 0.384. The summed E-state index contributed by atoms with van der Waals surface area (Å²) in [6.45, 7) is 4.92. The van der Waals surface area contributed by atoms with Crippen molar-refractivity contribution in [3.8, 4) is 0 Å². The second kappa shape index (κ2) is 5.67. The van der Waals surface area contributed by atoms with E-state index in [9.17, 15) is 8.42 Å². The van der Waals surface area contributed by atoms with Gasteiger partial charge in [-0.1, -0.05) is 6.92 Å². The molecule has 1 aromatic heterocycles. The zero-order valence-electron chi connectivity index (χ0n) is 10.8. The Hall–Kier alpha value is -0.460. The van der Waals surface area contributed by atoms with Gasteiger partial charge in [0.25, 0.3) is 0 Å². The van der Waals surface area contributed by atoms with Crippen LogP contribution in [0.4, 0.5) is 0 Å². The Morgan fingerprint density at radius 2 is 2.39 bits per heavy atom. The summed E-state index contributed by atoms with van der Waals surface area (Å²) < 4.78 is 23.1. The molecule has 1 saturated heterocycles. The third kappa shape index (κ3) is 3.52. The third-order valence-electron chi connectivity index (χ3n) is 3.40. The summed E-state index contributed by atoms with van der Waals surface area (Å²) in [5.41, 5.74) is 1.08. The highest BCUT2D eigenvalue weighted by Gasteiger charge is 2.33. The Morgan fingerprint density at radius 1 is 1.61 bits per heavy atom. The minimum Gasteiger partial charge on any atom is -0.314 e. The average Bonchev–Trinajstić information content (AvgIpc) is 2.84. The molecule has 0 spiro atoms. The highest BCUT2D eigenvalue weighted by atomic mass is 32.2. The molecular weight excluding hydrogens is 268 g/mol. The number of hydrogen-bond acceptors (Lipinski definition) is 5. The van der Waals surface area contributed by atoms with Crippen molar-refractivity contribution in [2.24, 2.45) is 5.92 Å². The molecule has 2 rings (SSSR count). The van der Waals surface area contributed by atoms with Gasteiger partial charge in [-0.3, -0.25) is 0 Å². The molecule has 102 valence electrons. The Balaban J connectivity index is 2.04. The van der Waals surface area contributed by atoms with Crippen LogP contribution in [0.1, 0.15) is 24.0 Å². The first-order valence-corrected chi connectivity index (χ1v) is 9.05. The second-order valence-electron chi connectivity index (χ2n) is 4.89. The zero-order valence-corrected chi connectivity index (χ0v) is 12.5. The number of aryl methyl sites for hydroxylation is 1. The minimum atomic E-state index is -2.80. The summed E-state index contributed by atoms with van der Waals surface area (Å²) in [4.78, 5) is 4.47. The number of aromatic nitrogens is 1. The Kier molecular flexibility index (Phi) is 4.40. The molecule has 2 atom stereocenters. The lowest BCUT2D eigenvalue weighted by Crippen LogP contribution is -2.38. The van der Waals surface area contributed by atoms with Crippen molar-refractivity contribution >= 4 is 21.2 Å². The van der Waals surface area contributed by atoms with Crippen LogP contribution in [0.15, 0.2) is 5.38 Å². The highest BCUT2D eigenvalue weighted by molar-refractivity contribution is 7.91. The molecule has 0 saturated carbocycles. The maximum absolute atomic E-state index is 11.6. The Labute approximate surface area is 113 Å². The maximum Gasteiger partial charge on any atom is 0.150 e. The fourth-order valence-electron chi connectivity index (χ4n) is 2.54. The van der Waals surface area contributed by atoms with Gasteiger partial charge in [-0.15, -0.1) is 11.3 Å². The molecule has 4 nitrogen and oxygen atoms in total. The van der Waals surface area contributed by atoms with Gasteiger partial charge in [0.2, 0.25) is 0 Å². The molecule has 0 radical (unpaired) electrons. The van der Waals surface area contributed by atoms with E-state index in [1.54, 1.807) is 11.3 Å². The fourth-order valence-corrected chi connectivity index (χ4v) is 5.04. The first kappa shape index (κ1) is 14.0.